The van der Waals surface area contributed by atoms with E-state index in [0.29, 0.717) is 0 Å². The Bertz CT molecular complexity index is 658. The molecule has 16 heavy (non-hydrogen) atoms. The van der Waals surface area contributed by atoms with Crippen LogP contribution in [0.4, 0.5) is 0 Å². The molecule has 0 spiro atoms. The highest BCUT2D eigenvalue weighted by atomic mass is 35.5. The minimum absolute atomic E-state index is 0. The average molecular weight is 234 g/mol. The molecule has 0 saturated heterocycles. The zero-order chi connectivity index (χ0) is 10.4. The molecule has 1 aromatic heterocycles. The standard InChI is InChI=1S/C12H12N3.ClH/c1-14-11-8-7-9-5-3-4-6-10(9)12(11)13-15(14)2;/h3-8H,1-2H3;1H/q+1;/p-1. The van der Waals surface area contributed by atoms with E-state index in [2.05, 4.69) is 41.5 Å². The van der Waals surface area contributed by atoms with Crippen LogP contribution in [0.1, 0.15) is 0 Å². The van der Waals surface area contributed by atoms with Crippen LogP contribution in [0.5, 0.6) is 0 Å². The number of aromatic nitrogens is 3. The second-order valence-electron chi connectivity index (χ2n) is 3.77. The summed E-state index contributed by atoms with van der Waals surface area (Å²) >= 11 is 0. The minimum Gasteiger partial charge on any atom is -1.00 e. The van der Waals surface area contributed by atoms with Crippen LogP contribution >= 0.6 is 0 Å². The zero-order valence-electron chi connectivity index (χ0n) is 9.18. The second kappa shape index (κ2) is 3.76. The molecule has 0 fully saturated rings. The first-order chi connectivity index (χ1) is 7.27. The Morgan fingerprint density at radius 3 is 2.69 bits per heavy atom. The van der Waals surface area contributed by atoms with E-state index in [1.54, 1.807) is 0 Å². The van der Waals surface area contributed by atoms with Gasteiger partial charge in [-0.25, -0.2) is 0 Å². The first-order valence-electron chi connectivity index (χ1n) is 4.98. The molecule has 82 valence electrons. The summed E-state index contributed by atoms with van der Waals surface area (Å²) in [6, 6.07) is 12.6. The van der Waals surface area contributed by atoms with Gasteiger partial charge in [0.25, 0.3) is 5.52 Å². The molecule has 3 aromatic rings. The van der Waals surface area contributed by atoms with E-state index in [1.165, 1.54) is 10.8 Å². The van der Waals surface area contributed by atoms with E-state index < -0.39 is 0 Å². The Labute approximate surface area is 99.7 Å². The molecule has 0 aliphatic rings. The summed E-state index contributed by atoms with van der Waals surface area (Å²) in [5.41, 5.74) is 2.23. The van der Waals surface area contributed by atoms with Crippen LogP contribution in [0.2, 0.25) is 0 Å². The smallest absolute Gasteiger partial charge is 0.256 e. The van der Waals surface area contributed by atoms with Gasteiger partial charge in [-0.3, -0.25) is 0 Å². The van der Waals surface area contributed by atoms with Crippen LogP contribution in [-0.4, -0.2) is 9.90 Å². The third-order valence-corrected chi connectivity index (χ3v) is 2.91. The molecule has 3 nitrogen and oxygen atoms in total. The van der Waals surface area contributed by atoms with Crippen molar-refractivity contribution in [2.24, 2.45) is 14.1 Å². The Morgan fingerprint density at radius 2 is 1.88 bits per heavy atom. The largest absolute Gasteiger partial charge is 1.00 e. The molecule has 4 heteroatoms. The Kier molecular flexibility index (Phi) is 2.56. The summed E-state index contributed by atoms with van der Waals surface area (Å²) in [6.45, 7) is 0. The fourth-order valence-corrected chi connectivity index (χ4v) is 1.98. The van der Waals surface area contributed by atoms with Crippen molar-refractivity contribution in [3.63, 3.8) is 0 Å². The molecule has 3 rings (SSSR count). The van der Waals surface area contributed by atoms with Crippen molar-refractivity contribution in [3.8, 4) is 0 Å². The van der Waals surface area contributed by atoms with E-state index >= 15 is 0 Å². The van der Waals surface area contributed by atoms with Crippen molar-refractivity contribution >= 4 is 21.8 Å². The third kappa shape index (κ3) is 1.36. The molecule has 0 aliphatic carbocycles. The van der Waals surface area contributed by atoms with Crippen molar-refractivity contribution in [3.05, 3.63) is 36.4 Å². The quantitative estimate of drug-likeness (QED) is 0.436. The molecule has 0 atom stereocenters. The van der Waals surface area contributed by atoms with Crippen LogP contribution in [0, 0.1) is 0 Å². The molecule has 0 radical (unpaired) electrons. The van der Waals surface area contributed by atoms with Gasteiger partial charge in [0.1, 0.15) is 7.05 Å². The van der Waals surface area contributed by atoms with Crippen molar-refractivity contribution in [2.45, 2.75) is 0 Å². The first-order valence-corrected chi connectivity index (χ1v) is 4.98. The highest BCUT2D eigenvalue weighted by Crippen LogP contribution is 2.20. The van der Waals surface area contributed by atoms with E-state index in [-0.39, 0.29) is 12.4 Å². The number of benzene rings is 2. The van der Waals surface area contributed by atoms with Crippen molar-refractivity contribution in [1.29, 1.82) is 0 Å². The molecular weight excluding hydrogens is 222 g/mol. The molecular formula is C12H12ClN3. The van der Waals surface area contributed by atoms with Gasteiger partial charge in [0.15, 0.2) is 0 Å². The number of aryl methyl sites for hydroxylation is 2. The molecule has 0 bridgehead atoms. The first kappa shape index (κ1) is 10.9. The van der Waals surface area contributed by atoms with Crippen LogP contribution in [0.25, 0.3) is 21.8 Å². The summed E-state index contributed by atoms with van der Waals surface area (Å²) in [6.07, 6.45) is 0. The number of halogens is 1. The number of hydrogen-bond acceptors (Lipinski definition) is 1. The molecule has 0 aliphatic heterocycles. The predicted octanol–water partition coefficient (Wildman–Crippen LogP) is -1.44. The van der Waals surface area contributed by atoms with Crippen LogP contribution in [0.3, 0.4) is 0 Å². The summed E-state index contributed by atoms with van der Waals surface area (Å²) < 4.78 is 2.04. The van der Waals surface area contributed by atoms with Crippen molar-refractivity contribution in [2.75, 3.05) is 0 Å². The zero-order valence-corrected chi connectivity index (χ0v) is 9.94. The van der Waals surface area contributed by atoms with Crippen molar-refractivity contribution in [1.82, 2.24) is 9.90 Å². The predicted molar refractivity (Wildman–Crippen MR) is 59.4 cm³/mol. The Balaban J connectivity index is 0.000000963. The fraction of sp³-hybridized carbons (Fsp3) is 0.167. The monoisotopic (exact) mass is 233 g/mol. The number of hydrogen-bond donors (Lipinski definition) is 0. The van der Waals surface area contributed by atoms with Crippen molar-refractivity contribution < 1.29 is 17.1 Å². The van der Waals surface area contributed by atoms with Gasteiger partial charge in [0.05, 0.1) is 7.05 Å². The Morgan fingerprint density at radius 1 is 1.12 bits per heavy atom. The van der Waals surface area contributed by atoms with Gasteiger partial charge in [0, 0.05) is 10.5 Å². The average Bonchev–Trinajstić information content (AvgIpc) is 2.56. The topological polar surface area (TPSA) is 21.7 Å². The maximum atomic E-state index is 4.52. The molecule has 1 heterocycles. The van der Waals surface area contributed by atoms with Gasteiger partial charge in [-0.1, -0.05) is 18.2 Å². The SMILES string of the molecule is Cn1nc2c3ccccc3ccc2[n+]1C.[Cl-]. The van der Waals surface area contributed by atoms with E-state index in [1.807, 2.05) is 23.6 Å². The normalized spacial score (nSPS) is 10.6. The van der Waals surface area contributed by atoms with E-state index in [9.17, 15) is 0 Å². The van der Waals surface area contributed by atoms with Gasteiger partial charge in [-0.15, -0.1) is 0 Å². The number of nitrogens with zero attached hydrogens (tertiary/aromatic N) is 3. The van der Waals surface area contributed by atoms with Gasteiger partial charge in [-0.05, 0) is 28.4 Å². The fourth-order valence-electron chi connectivity index (χ4n) is 1.98. The lowest BCUT2D eigenvalue weighted by Gasteiger charge is -1.93. The van der Waals surface area contributed by atoms with Crippen LogP contribution in [0.15, 0.2) is 36.4 Å². The maximum Gasteiger partial charge on any atom is 0.256 e. The molecule has 0 amide bonds. The highest BCUT2D eigenvalue weighted by Gasteiger charge is 2.15. The lowest BCUT2D eigenvalue weighted by molar-refractivity contribution is -0.733. The Hall–Kier alpha value is -1.61. The molecule has 0 saturated carbocycles. The minimum atomic E-state index is 0. The maximum absolute atomic E-state index is 4.52. The molecule has 0 unspecified atom stereocenters. The lowest BCUT2D eigenvalue weighted by Crippen LogP contribution is -3.00. The lowest BCUT2D eigenvalue weighted by atomic mass is 10.1. The summed E-state index contributed by atoms with van der Waals surface area (Å²) in [5.74, 6) is 0. The van der Waals surface area contributed by atoms with Gasteiger partial charge in [-0.2, -0.15) is 4.68 Å². The van der Waals surface area contributed by atoms with E-state index in [4.69, 9.17) is 0 Å². The summed E-state index contributed by atoms with van der Waals surface area (Å²) in [5, 5.41) is 6.97. The molecule has 0 N–H and O–H groups in total. The summed E-state index contributed by atoms with van der Waals surface area (Å²) in [4.78, 5) is 1.86. The number of fused-ring (bicyclic) bond motifs is 3. The van der Waals surface area contributed by atoms with Gasteiger partial charge < -0.3 is 12.4 Å². The highest BCUT2D eigenvalue weighted by molar-refractivity contribution is 6.02. The van der Waals surface area contributed by atoms with Gasteiger partial charge >= 0.3 is 0 Å². The van der Waals surface area contributed by atoms with Crippen LogP contribution in [-0.2, 0) is 14.1 Å². The third-order valence-electron chi connectivity index (χ3n) is 2.91. The second-order valence-corrected chi connectivity index (χ2v) is 3.77. The van der Waals surface area contributed by atoms with E-state index in [0.717, 1.165) is 11.0 Å². The summed E-state index contributed by atoms with van der Waals surface area (Å²) in [7, 11) is 3.97. The van der Waals surface area contributed by atoms with Crippen LogP contribution < -0.4 is 17.1 Å². The molecule has 2 aromatic carbocycles. The van der Waals surface area contributed by atoms with Gasteiger partial charge in [0.2, 0.25) is 5.52 Å². The number of rotatable bonds is 0.